The zero-order chi connectivity index (χ0) is 12.0. The second-order valence-corrected chi connectivity index (χ2v) is 4.23. The van der Waals surface area contributed by atoms with E-state index in [0.717, 1.165) is 11.8 Å². The highest BCUT2D eigenvalue weighted by molar-refractivity contribution is 6.12. The maximum atomic E-state index is 11.9. The predicted molar refractivity (Wildman–Crippen MR) is 62.6 cm³/mol. The van der Waals surface area contributed by atoms with Gasteiger partial charge in [0.25, 0.3) is 0 Å². The number of Topliss-reactive ketones (excluding diaryl/α,β-unsaturated/α-hetero) is 1. The highest BCUT2D eigenvalue weighted by Crippen LogP contribution is 2.31. The Morgan fingerprint density at radius 3 is 2.76 bits per heavy atom. The molecule has 4 nitrogen and oxygen atoms in total. The first kappa shape index (κ1) is 10.1. The summed E-state index contributed by atoms with van der Waals surface area (Å²) in [6.07, 6.45) is 0.884. The van der Waals surface area contributed by atoms with E-state index in [4.69, 9.17) is 0 Å². The second-order valence-electron chi connectivity index (χ2n) is 4.23. The molecule has 1 aromatic heterocycles. The van der Waals surface area contributed by atoms with E-state index in [2.05, 4.69) is 0 Å². The fourth-order valence-electron chi connectivity index (χ4n) is 2.60. The molecule has 86 valence electrons. The van der Waals surface area contributed by atoms with E-state index >= 15 is 0 Å². The number of carbonyl (C=O) groups is 2. The van der Waals surface area contributed by atoms with Crippen LogP contribution in [-0.4, -0.2) is 21.6 Å². The Hall–Kier alpha value is -2.10. The molecular weight excluding hydrogens is 218 g/mol. The number of aromatic nitrogens is 1. The molecular formula is C13H11NO3. The number of carboxylic acid groups (broad SMARTS) is 1. The van der Waals surface area contributed by atoms with Gasteiger partial charge in [0.05, 0.1) is 5.52 Å². The zero-order valence-corrected chi connectivity index (χ0v) is 9.14. The molecule has 2 aromatic rings. The van der Waals surface area contributed by atoms with Crippen molar-refractivity contribution < 1.29 is 14.7 Å². The number of hydrogen-bond donors (Lipinski definition) is 1. The van der Waals surface area contributed by atoms with Crippen LogP contribution in [0.4, 0.5) is 4.79 Å². The molecule has 0 spiro atoms. The van der Waals surface area contributed by atoms with E-state index in [1.165, 1.54) is 4.57 Å². The summed E-state index contributed by atoms with van der Waals surface area (Å²) in [7, 11) is 0. The lowest BCUT2D eigenvalue weighted by atomic mass is 9.94. The third-order valence-corrected chi connectivity index (χ3v) is 3.26. The molecule has 0 amide bonds. The van der Waals surface area contributed by atoms with Crippen LogP contribution in [0.2, 0.25) is 0 Å². The van der Waals surface area contributed by atoms with Crippen molar-refractivity contribution in [3.05, 3.63) is 35.5 Å². The van der Waals surface area contributed by atoms with Crippen LogP contribution in [0, 0.1) is 0 Å². The van der Waals surface area contributed by atoms with Crippen molar-refractivity contribution in [2.24, 2.45) is 0 Å². The van der Waals surface area contributed by atoms with E-state index in [0.29, 0.717) is 29.6 Å². The van der Waals surface area contributed by atoms with Gasteiger partial charge < -0.3 is 5.11 Å². The molecule has 0 fully saturated rings. The smallest absolute Gasteiger partial charge is 0.416 e. The summed E-state index contributed by atoms with van der Waals surface area (Å²) in [5, 5.41) is 10.0. The molecule has 0 atom stereocenters. The summed E-state index contributed by atoms with van der Waals surface area (Å²) in [4.78, 5) is 23.2. The van der Waals surface area contributed by atoms with Gasteiger partial charge in [0.2, 0.25) is 0 Å². The summed E-state index contributed by atoms with van der Waals surface area (Å²) in [5.74, 6) is 0.0578. The van der Waals surface area contributed by atoms with Gasteiger partial charge in [0.1, 0.15) is 0 Å². The molecule has 1 N–H and O–H groups in total. The van der Waals surface area contributed by atoms with Crippen molar-refractivity contribution in [2.75, 3.05) is 0 Å². The molecule has 0 bridgehead atoms. The number of hydrogen-bond acceptors (Lipinski definition) is 2. The molecule has 3 rings (SSSR count). The first-order valence-corrected chi connectivity index (χ1v) is 5.59. The fourth-order valence-corrected chi connectivity index (χ4v) is 2.60. The molecule has 1 aliphatic carbocycles. The predicted octanol–water partition coefficient (Wildman–Crippen LogP) is 2.69. The first-order chi connectivity index (χ1) is 8.20. The van der Waals surface area contributed by atoms with Crippen molar-refractivity contribution in [2.45, 2.75) is 19.3 Å². The SMILES string of the molecule is O=C1CCCc2c1c1ccccc1n2C(=O)O. The number of nitrogens with zero attached hydrogens (tertiary/aromatic N) is 1. The topological polar surface area (TPSA) is 59.3 Å². The molecule has 0 saturated heterocycles. The van der Waals surface area contributed by atoms with Gasteiger partial charge in [-0.25, -0.2) is 9.36 Å². The Kier molecular flexibility index (Phi) is 2.04. The summed E-state index contributed by atoms with van der Waals surface area (Å²) >= 11 is 0. The van der Waals surface area contributed by atoms with Gasteiger partial charge >= 0.3 is 6.09 Å². The van der Waals surface area contributed by atoms with E-state index in [-0.39, 0.29) is 5.78 Å². The Morgan fingerprint density at radius 2 is 2.00 bits per heavy atom. The molecule has 4 heteroatoms. The molecule has 17 heavy (non-hydrogen) atoms. The molecule has 1 aromatic carbocycles. The monoisotopic (exact) mass is 229 g/mol. The number of ketones is 1. The second kappa shape index (κ2) is 3.45. The van der Waals surface area contributed by atoms with Crippen LogP contribution in [0.15, 0.2) is 24.3 Å². The van der Waals surface area contributed by atoms with Crippen LogP contribution in [-0.2, 0) is 6.42 Å². The molecule has 0 radical (unpaired) electrons. The highest BCUT2D eigenvalue weighted by atomic mass is 16.4. The van der Waals surface area contributed by atoms with E-state index < -0.39 is 6.09 Å². The minimum atomic E-state index is -1.02. The van der Waals surface area contributed by atoms with Crippen LogP contribution in [0.25, 0.3) is 10.9 Å². The molecule has 0 aliphatic heterocycles. The van der Waals surface area contributed by atoms with Gasteiger partial charge in [-0.15, -0.1) is 0 Å². The quantitative estimate of drug-likeness (QED) is 0.755. The summed E-state index contributed by atoms with van der Waals surface area (Å²) in [6.45, 7) is 0. The normalized spacial score (nSPS) is 14.9. The van der Waals surface area contributed by atoms with Crippen molar-refractivity contribution in [1.29, 1.82) is 0 Å². The van der Waals surface area contributed by atoms with Crippen LogP contribution in [0.3, 0.4) is 0 Å². The lowest BCUT2D eigenvalue weighted by Gasteiger charge is -2.12. The average Bonchev–Trinajstić information content (AvgIpc) is 2.64. The zero-order valence-electron chi connectivity index (χ0n) is 9.14. The lowest BCUT2D eigenvalue weighted by molar-refractivity contribution is 0.0973. The summed E-state index contributed by atoms with van der Waals surface area (Å²) in [5.41, 5.74) is 1.87. The van der Waals surface area contributed by atoms with Gasteiger partial charge in [-0.2, -0.15) is 0 Å². The summed E-state index contributed by atoms with van der Waals surface area (Å²) in [6, 6.07) is 7.18. The lowest BCUT2D eigenvalue weighted by Crippen LogP contribution is -2.17. The molecule has 1 heterocycles. The largest absolute Gasteiger partial charge is 0.464 e. The minimum Gasteiger partial charge on any atom is -0.464 e. The van der Waals surface area contributed by atoms with Crippen molar-refractivity contribution in [3.63, 3.8) is 0 Å². The van der Waals surface area contributed by atoms with Gasteiger partial charge in [0.15, 0.2) is 5.78 Å². The van der Waals surface area contributed by atoms with Gasteiger partial charge in [0, 0.05) is 23.1 Å². The Morgan fingerprint density at radius 1 is 1.24 bits per heavy atom. The summed E-state index contributed by atoms with van der Waals surface area (Å²) < 4.78 is 1.25. The van der Waals surface area contributed by atoms with Gasteiger partial charge in [-0.3, -0.25) is 4.79 Å². The van der Waals surface area contributed by atoms with E-state index in [1.807, 2.05) is 12.1 Å². The van der Waals surface area contributed by atoms with Gasteiger partial charge in [-0.1, -0.05) is 18.2 Å². The van der Waals surface area contributed by atoms with E-state index in [9.17, 15) is 14.7 Å². The first-order valence-electron chi connectivity index (χ1n) is 5.59. The molecule has 0 unspecified atom stereocenters. The number of fused-ring (bicyclic) bond motifs is 3. The third-order valence-electron chi connectivity index (χ3n) is 3.26. The van der Waals surface area contributed by atoms with E-state index in [1.54, 1.807) is 12.1 Å². The van der Waals surface area contributed by atoms with Gasteiger partial charge in [-0.05, 0) is 18.9 Å². The van der Waals surface area contributed by atoms with Crippen LogP contribution in [0.1, 0.15) is 28.9 Å². The number of para-hydroxylation sites is 1. The van der Waals surface area contributed by atoms with Crippen molar-refractivity contribution in [3.8, 4) is 0 Å². The third kappa shape index (κ3) is 1.30. The van der Waals surface area contributed by atoms with Crippen LogP contribution in [0.5, 0.6) is 0 Å². The maximum absolute atomic E-state index is 11.9. The molecule has 0 saturated carbocycles. The molecule has 1 aliphatic rings. The Labute approximate surface area is 97.5 Å². The van der Waals surface area contributed by atoms with Crippen LogP contribution < -0.4 is 0 Å². The highest BCUT2D eigenvalue weighted by Gasteiger charge is 2.27. The van der Waals surface area contributed by atoms with Crippen molar-refractivity contribution >= 4 is 22.8 Å². The van der Waals surface area contributed by atoms with Crippen molar-refractivity contribution in [1.82, 2.24) is 4.57 Å². The Bertz CT molecular complexity index is 606. The minimum absolute atomic E-state index is 0.0578. The number of benzene rings is 1. The maximum Gasteiger partial charge on any atom is 0.416 e. The average molecular weight is 229 g/mol. The van der Waals surface area contributed by atoms with Crippen LogP contribution >= 0.6 is 0 Å². The number of rotatable bonds is 0. The fraction of sp³-hybridized carbons (Fsp3) is 0.231. The standard InChI is InChI=1S/C13H11NO3/c15-11-7-3-6-10-12(11)8-4-1-2-5-9(8)14(10)13(16)17/h1-2,4-5H,3,6-7H2,(H,16,17). The Balaban J connectivity index is 2.47. The number of carbonyl (C=O) groups excluding carboxylic acids is 1.